The smallest absolute Gasteiger partial charge is 0.211 e. The van der Waals surface area contributed by atoms with Crippen LogP contribution in [-0.4, -0.2) is 18.8 Å². The number of hydrogen-bond donors (Lipinski definition) is 2. The molecule has 0 fully saturated rings. The van der Waals surface area contributed by atoms with Gasteiger partial charge in [-0.05, 0) is 36.2 Å². The molecule has 1 aromatic rings. The Bertz CT molecular complexity index is 394. The van der Waals surface area contributed by atoms with Crippen LogP contribution in [0.1, 0.15) is 31.7 Å². The number of ether oxygens (including phenoxy) is 1. The molecule has 4 N–H and O–H groups in total. The van der Waals surface area contributed by atoms with Crippen LogP contribution in [0.15, 0.2) is 34.5 Å². The maximum Gasteiger partial charge on any atom is 0.211 e. The van der Waals surface area contributed by atoms with Crippen LogP contribution in [0.4, 0.5) is 0 Å². The molecule has 0 spiro atoms. The summed E-state index contributed by atoms with van der Waals surface area (Å²) >= 11 is 0. The van der Waals surface area contributed by atoms with Crippen LogP contribution in [0.3, 0.4) is 0 Å². The Morgan fingerprint density at radius 3 is 2.56 bits per heavy atom. The van der Waals surface area contributed by atoms with Crippen LogP contribution < -0.4 is 16.2 Å². The summed E-state index contributed by atoms with van der Waals surface area (Å²) in [6.45, 7) is 2.93. The standard InChI is InChI=1S/C13H20N4O/c1-2-3-4-9-18-12-7-5-11(6-8-12)10-16-17-13(14)15/h5-8,10H,2-4,9H2,1H3,(H4,14,15,17)/b16-10+. The average Bonchev–Trinajstić information content (AvgIpc) is 2.36. The summed E-state index contributed by atoms with van der Waals surface area (Å²) in [7, 11) is 0. The van der Waals surface area contributed by atoms with Crippen molar-refractivity contribution < 1.29 is 4.74 Å². The zero-order valence-electron chi connectivity index (χ0n) is 10.7. The summed E-state index contributed by atoms with van der Waals surface area (Å²) in [6.07, 6.45) is 5.07. The second kappa shape index (κ2) is 8.11. The van der Waals surface area contributed by atoms with E-state index < -0.39 is 0 Å². The van der Waals surface area contributed by atoms with Crippen LogP contribution in [0.25, 0.3) is 0 Å². The van der Waals surface area contributed by atoms with Crippen molar-refractivity contribution in [2.45, 2.75) is 26.2 Å². The number of unbranched alkanes of at least 4 members (excludes halogenated alkanes) is 2. The first kappa shape index (κ1) is 14.0. The van der Waals surface area contributed by atoms with Gasteiger partial charge in [0.15, 0.2) is 0 Å². The van der Waals surface area contributed by atoms with E-state index in [0.717, 1.165) is 24.3 Å². The SMILES string of the molecule is CCCCCOc1ccc(/C=N/N=C(N)N)cc1. The summed E-state index contributed by atoms with van der Waals surface area (Å²) in [5.41, 5.74) is 11.2. The fourth-order valence-electron chi connectivity index (χ4n) is 1.35. The van der Waals surface area contributed by atoms with Crippen molar-refractivity contribution in [1.82, 2.24) is 0 Å². The van der Waals surface area contributed by atoms with Gasteiger partial charge in [-0.3, -0.25) is 0 Å². The van der Waals surface area contributed by atoms with E-state index in [4.69, 9.17) is 16.2 Å². The number of rotatable bonds is 7. The zero-order chi connectivity index (χ0) is 13.2. The molecular weight excluding hydrogens is 228 g/mol. The molecule has 0 radical (unpaired) electrons. The van der Waals surface area contributed by atoms with Crippen LogP contribution in [0.5, 0.6) is 5.75 Å². The second-order valence-corrected chi connectivity index (χ2v) is 3.89. The molecule has 0 aliphatic carbocycles. The Morgan fingerprint density at radius 1 is 1.22 bits per heavy atom. The van der Waals surface area contributed by atoms with Gasteiger partial charge in [0.1, 0.15) is 5.75 Å². The van der Waals surface area contributed by atoms with Crippen LogP contribution in [-0.2, 0) is 0 Å². The first-order valence-electron chi connectivity index (χ1n) is 6.07. The third-order valence-electron chi connectivity index (χ3n) is 2.28. The van der Waals surface area contributed by atoms with Crippen molar-refractivity contribution in [3.63, 3.8) is 0 Å². The fourth-order valence-corrected chi connectivity index (χ4v) is 1.35. The highest BCUT2D eigenvalue weighted by atomic mass is 16.5. The van der Waals surface area contributed by atoms with E-state index in [1.165, 1.54) is 12.8 Å². The zero-order valence-corrected chi connectivity index (χ0v) is 10.7. The second-order valence-electron chi connectivity index (χ2n) is 3.89. The summed E-state index contributed by atoms with van der Waals surface area (Å²) in [6, 6.07) is 7.62. The lowest BCUT2D eigenvalue weighted by Crippen LogP contribution is -2.21. The molecule has 1 rings (SSSR count). The van der Waals surface area contributed by atoms with Crippen LogP contribution >= 0.6 is 0 Å². The Morgan fingerprint density at radius 2 is 1.94 bits per heavy atom. The number of hydrogen-bond acceptors (Lipinski definition) is 3. The number of guanidine groups is 1. The van der Waals surface area contributed by atoms with Crippen molar-refractivity contribution in [1.29, 1.82) is 0 Å². The monoisotopic (exact) mass is 248 g/mol. The van der Waals surface area contributed by atoms with E-state index in [2.05, 4.69) is 17.1 Å². The molecule has 98 valence electrons. The summed E-state index contributed by atoms with van der Waals surface area (Å²) in [5.74, 6) is 0.812. The number of nitrogens with two attached hydrogens (primary N) is 2. The van der Waals surface area contributed by atoms with E-state index in [0.29, 0.717) is 0 Å². The molecule has 0 atom stereocenters. The molecule has 5 heteroatoms. The molecule has 0 aliphatic rings. The molecule has 0 amide bonds. The average molecular weight is 248 g/mol. The van der Waals surface area contributed by atoms with Gasteiger partial charge in [-0.15, -0.1) is 5.10 Å². The van der Waals surface area contributed by atoms with Gasteiger partial charge >= 0.3 is 0 Å². The molecule has 1 aromatic carbocycles. The van der Waals surface area contributed by atoms with Crippen molar-refractivity contribution in [3.05, 3.63) is 29.8 Å². The predicted molar refractivity (Wildman–Crippen MR) is 74.9 cm³/mol. The van der Waals surface area contributed by atoms with Crippen LogP contribution in [0.2, 0.25) is 0 Å². The fraction of sp³-hybridized carbons (Fsp3) is 0.385. The predicted octanol–water partition coefficient (Wildman–Crippen LogP) is 1.86. The normalized spacial score (nSPS) is 10.5. The van der Waals surface area contributed by atoms with Gasteiger partial charge in [0.25, 0.3) is 0 Å². The van der Waals surface area contributed by atoms with Gasteiger partial charge < -0.3 is 16.2 Å². The lowest BCUT2D eigenvalue weighted by atomic mass is 10.2. The molecule has 0 aliphatic heterocycles. The van der Waals surface area contributed by atoms with Gasteiger partial charge in [0, 0.05) is 0 Å². The molecule has 18 heavy (non-hydrogen) atoms. The molecule has 0 heterocycles. The van der Waals surface area contributed by atoms with Gasteiger partial charge in [-0.1, -0.05) is 19.8 Å². The molecular formula is C13H20N4O. The highest BCUT2D eigenvalue weighted by Crippen LogP contribution is 2.11. The highest BCUT2D eigenvalue weighted by Gasteiger charge is 1.94. The maximum atomic E-state index is 5.59. The van der Waals surface area contributed by atoms with E-state index >= 15 is 0 Å². The lowest BCUT2D eigenvalue weighted by molar-refractivity contribution is 0.306. The molecule has 0 saturated carbocycles. The van der Waals surface area contributed by atoms with Crippen molar-refractivity contribution in [2.24, 2.45) is 21.7 Å². The third kappa shape index (κ3) is 5.89. The van der Waals surface area contributed by atoms with Crippen LogP contribution in [0, 0.1) is 0 Å². The van der Waals surface area contributed by atoms with Gasteiger partial charge in [-0.2, -0.15) is 5.10 Å². The van der Waals surface area contributed by atoms with Crippen molar-refractivity contribution in [3.8, 4) is 5.75 Å². The molecule has 5 nitrogen and oxygen atoms in total. The minimum Gasteiger partial charge on any atom is -0.494 e. The van der Waals surface area contributed by atoms with Gasteiger partial charge in [0.2, 0.25) is 5.96 Å². The first-order chi connectivity index (χ1) is 8.72. The third-order valence-corrected chi connectivity index (χ3v) is 2.28. The Labute approximate surface area is 108 Å². The molecule has 0 saturated heterocycles. The van der Waals surface area contributed by atoms with Gasteiger partial charge in [-0.25, -0.2) is 0 Å². The van der Waals surface area contributed by atoms with Gasteiger partial charge in [0.05, 0.1) is 12.8 Å². The summed E-state index contributed by atoms with van der Waals surface area (Å²) in [5, 5.41) is 7.25. The lowest BCUT2D eigenvalue weighted by Gasteiger charge is -2.05. The van der Waals surface area contributed by atoms with E-state index in [1.54, 1.807) is 6.21 Å². The first-order valence-corrected chi connectivity index (χ1v) is 6.07. The largest absolute Gasteiger partial charge is 0.494 e. The van der Waals surface area contributed by atoms with E-state index in [-0.39, 0.29) is 5.96 Å². The summed E-state index contributed by atoms with van der Waals surface area (Å²) in [4.78, 5) is 0. The molecule has 0 unspecified atom stereocenters. The van der Waals surface area contributed by atoms with Crippen molar-refractivity contribution in [2.75, 3.05) is 6.61 Å². The quantitative estimate of drug-likeness (QED) is 0.334. The minimum atomic E-state index is -0.0536. The topological polar surface area (TPSA) is 86.0 Å². The Hall–Kier alpha value is -2.04. The van der Waals surface area contributed by atoms with E-state index in [9.17, 15) is 0 Å². The number of benzene rings is 1. The Kier molecular flexibility index (Phi) is 6.32. The summed E-state index contributed by atoms with van der Waals surface area (Å²) < 4.78 is 5.59. The minimum absolute atomic E-state index is 0.0536. The molecule has 0 aromatic heterocycles. The Balaban J connectivity index is 2.42. The van der Waals surface area contributed by atoms with E-state index in [1.807, 2.05) is 24.3 Å². The maximum absolute atomic E-state index is 5.59. The molecule has 0 bridgehead atoms. The van der Waals surface area contributed by atoms with Crippen molar-refractivity contribution >= 4 is 12.2 Å². The highest BCUT2D eigenvalue weighted by molar-refractivity contribution is 5.81. The number of nitrogens with zero attached hydrogens (tertiary/aromatic N) is 2.